The number of carbonyl (C=O) groups is 1. The largest absolute Gasteiger partial charge is 0.339 e. The van der Waals surface area contributed by atoms with Gasteiger partial charge in [0.2, 0.25) is 5.89 Å². The van der Waals surface area contributed by atoms with E-state index in [9.17, 15) is 4.79 Å². The summed E-state index contributed by atoms with van der Waals surface area (Å²) in [7, 11) is 1.75. The fraction of sp³-hybridized carbons (Fsp3) is 0.529. The van der Waals surface area contributed by atoms with E-state index in [0.717, 1.165) is 11.3 Å². The van der Waals surface area contributed by atoms with Crippen LogP contribution in [0.3, 0.4) is 0 Å². The maximum Gasteiger partial charge on any atom is 0.317 e. The Morgan fingerprint density at radius 1 is 1.33 bits per heavy atom. The van der Waals surface area contributed by atoms with Gasteiger partial charge in [0.15, 0.2) is 5.82 Å². The van der Waals surface area contributed by atoms with E-state index in [1.807, 2.05) is 39.8 Å². The molecular formula is C17H25N5O2. The molecule has 130 valence electrons. The fourth-order valence-corrected chi connectivity index (χ4v) is 2.09. The van der Waals surface area contributed by atoms with Gasteiger partial charge in [0.05, 0.1) is 6.04 Å². The summed E-state index contributed by atoms with van der Waals surface area (Å²) in [5.41, 5.74) is 1.93. The zero-order valence-corrected chi connectivity index (χ0v) is 14.9. The molecular weight excluding hydrogens is 306 g/mol. The molecule has 0 spiro atoms. The van der Waals surface area contributed by atoms with E-state index in [1.165, 1.54) is 0 Å². The number of carbonyl (C=O) groups excluding carboxylic acids is 1. The molecule has 0 aliphatic rings. The van der Waals surface area contributed by atoms with Gasteiger partial charge in [-0.2, -0.15) is 4.98 Å². The molecule has 1 N–H and O–H groups in total. The standard InChI is InChI=1S/C17H25N5O2/c1-11(2)16-20-15(21-24-16)8-9-22(5)17(23)19-13(4)14-7-6-12(3)18-10-14/h6-7,10-11,13H,8-9H2,1-5H3,(H,19,23)/t13-/m1/s1. The maximum atomic E-state index is 12.3. The number of aromatic nitrogens is 3. The van der Waals surface area contributed by atoms with Crippen LogP contribution in [0.5, 0.6) is 0 Å². The highest BCUT2D eigenvalue weighted by Gasteiger charge is 2.15. The molecule has 2 aromatic heterocycles. The fourth-order valence-electron chi connectivity index (χ4n) is 2.09. The minimum atomic E-state index is -0.143. The first-order valence-corrected chi connectivity index (χ1v) is 8.13. The van der Waals surface area contributed by atoms with Crippen LogP contribution in [0.4, 0.5) is 4.79 Å². The minimum Gasteiger partial charge on any atom is -0.339 e. The lowest BCUT2D eigenvalue weighted by molar-refractivity contribution is 0.205. The SMILES string of the molecule is Cc1ccc([C@@H](C)NC(=O)N(C)CCc2noc(C(C)C)n2)cn1. The summed E-state index contributed by atoms with van der Waals surface area (Å²) in [6.45, 7) is 8.38. The molecule has 0 aliphatic heterocycles. The average molecular weight is 331 g/mol. The summed E-state index contributed by atoms with van der Waals surface area (Å²) >= 11 is 0. The predicted molar refractivity (Wildman–Crippen MR) is 90.6 cm³/mol. The lowest BCUT2D eigenvalue weighted by atomic mass is 10.1. The highest BCUT2D eigenvalue weighted by atomic mass is 16.5. The van der Waals surface area contributed by atoms with E-state index in [2.05, 4.69) is 20.4 Å². The van der Waals surface area contributed by atoms with Crippen molar-refractivity contribution in [3.8, 4) is 0 Å². The van der Waals surface area contributed by atoms with E-state index in [1.54, 1.807) is 18.1 Å². The number of amides is 2. The van der Waals surface area contributed by atoms with Crippen molar-refractivity contribution in [2.24, 2.45) is 0 Å². The summed E-state index contributed by atoms with van der Waals surface area (Å²) < 4.78 is 5.16. The zero-order valence-electron chi connectivity index (χ0n) is 14.9. The second kappa shape index (κ2) is 7.90. The number of likely N-dealkylation sites (N-methyl/N-ethyl adjacent to an activating group) is 1. The van der Waals surface area contributed by atoms with Crippen LogP contribution in [-0.4, -0.2) is 39.6 Å². The summed E-state index contributed by atoms with van der Waals surface area (Å²) in [5, 5.41) is 6.89. The first kappa shape index (κ1) is 17.9. The van der Waals surface area contributed by atoms with E-state index in [4.69, 9.17) is 4.52 Å². The van der Waals surface area contributed by atoms with Crippen LogP contribution in [-0.2, 0) is 6.42 Å². The van der Waals surface area contributed by atoms with Crippen LogP contribution >= 0.6 is 0 Å². The molecule has 0 unspecified atom stereocenters. The van der Waals surface area contributed by atoms with Crippen molar-refractivity contribution in [3.05, 3.63) is 41.3 Å². The van der Waals surface area contributed by atoms with Crippen LogP contribution in [0.15, 0.2) is 22.9 Å². The third-order valence-corrected chi connectivity index (χ3v) is 3.77. The Labute approximate surface area is 142 Å². The van der Waals surface area contributed by atoms with Gasteiger partial charge in [-0.05, 0) is 25.5 Å². The summed E-state index contributed by atoms with van der Waals surface area (Å²) in [6.07, 6.45) is 2.34. The van der Waals surface area contributed by atoms with Crippen LogP contribution < -0.4 is 5.32 Å². The minimum absolute atomic E-state index is 0.106. The van der Waals surface area contributed by atoms with Crippen molar-refractivity contribution in [2.45, 2.75) is 46.1 Å². The number of pyridine rings is 1. The normalized spacial score (nSPS) is 12.2. The third kappa shape index (κ3) is 4.78. The van der Waals surface area contributed by atoms with Gasteiger partial charge >= 0.3 is 6.03 Å². The Hall–Kier alpha value is -2.44. The Bertz CT molecular complexity index is 666. The molecule has 2 heterocycles. The van der Waals surface area contributed by atoms with Gasteiger partial charge in [0, 0.05) is 37.8 Å². The Kier molecular flexibility index (Phi) is 5.89. The van der Waals surface area contributed by atoms with Crippen molar-refractivity contribution >= 4 is 6.03 Å². The summed E-state index contributed by atoms with van der Waals surface area (Å²) in [5.74, 6) is 1.45. The number of nitrogens with one attached hydrogen (secondary N) is 1. The Balaban J connectivity index is 1.83. The van der Waals surface area contributed by atoms with E-state index in [-0.39, 0.29) is 18.0 Å². The second-order valence-corrected chi connectivity index (χ2v) is 6.28. The maximum absolute atomic E-state index is 12.3. The number of hydrogen-bond acceptors (Lipinski definition) is 5. The monoisotopic (exact) mass is 331 g/mol. The van der Waals surface area contributed by atoms with Gasteiger partial charge in [-0.15, -0.1) is 0 Å². The van der Waals surface area contributed by atoms with Crippen molar-refractivity contribution in [1.82, 2.24) is 25.3 Å². The van der Waals surface area contributed by atoms with E-state index < -0.39 is 0 Å². The second-order valence-electron chi connectivity index (χ2n) is 6.28. The first-order valence-electron chi connectivity index (χ1n) is 8.13. The van der Waals surface area contributed by atoms with Gasteiger partial charge in [-0.25, -0.2) is 4.79 Å². The number of nitrogens with zero attached hydrogens (tertiary/aromatic N) is 4. The number of aryl methyl sites for hydroxylation is 1. The van der Waals surface area contributed by atoms with Gasteiger partial charge in [-0.1, -0.05) is 25.1 Å². The van der Waals surface area contributed by atoms with Crippen molar-refractivity contribution in [3.63, 3.8) is 0 Å². The molecule has 0 radical (unpaired) electrons. The molecule has 24 heavy (non-hydrogen) atoms. The van der Waals surface area contributed by atoms with Gasteiger partial charge in [0.1, 0.15) is 0 Å². The van der Waals surface area contributed by atoms with Crippen LogP contribution in [0.1, 0.15) is 55.7 Å². The molecule has 0 aromatic carbocycles. The molecule has 0 saturated heterocycles. The van der Waals surface area contributed by atoms with Crippen molar-refractivity contribution in [2.75, 3.05) is 13.6 Å². The van der Waals surface area contributed by atoms with Crippen molar-refractivity contribution < 1.29 is 9.32 Å². The highest BCUT2D eigenvalue weighted by Crippen LogP contribution is 2.12. The van der Waals surface area contributed by atoms with Gasteiger partial charge in [0.25, 0.3) is 0 Å². The zero-order chi connectivity index (χ0) is 17.7. The molecule has 0 aliphatic carbocycles. The quantitative estimate of drug-likeness (QED) is 0.880. The predicted octanol–water partition coefficient (Wildman–Crippen LogP) is 2.84. The topological polar surface area (TPSA) is 84.2 Å². The molecule has 0 bridgehead atoms. The van der Waals surface area contributed by atoms with Crippen LogP contribution in [0, 0.1) is 6.92 Å². The molecule has 2 aromatic rings. The van der Waals surface area contributed by atoms with Gasteiger partial charge in [-0.3, -0.25) is 4.98 Å². The summed E-state index contributed by atoms with van der Waals surface area (Å²) in [6, 6.07) is 3.66. The number of urea groups is 1. The van der Waals surface area contributed by atoms with E-state index >= 15 is 0 Å². The highest BCUT2D eigenvalue weighted by molar-refractivity contribution is 5.74. The lowest BCUT2D eigenvalue weighted by Crippen LogP contribution is -2.39. The first-order chi connectivity index (χ1) is 11.4. The summed E-state index contributed by atoms with van der Waals surface area (Å²) in [4.78, 5) is 22.4. The molecule has 1 atom stereocenters. The Morgan fingerprint density at radius 2 is 2.08 bits per heavy atom. The van der Waals surface area contributed by atoms with E-state index in [0.29, 0.717) is 24.7 Å². The third-order valence-electron chi connectivity index (χ3n) is 3.77. The Morgan fingerprint density at radius 3 is 2.67 bits per heavy atom. The number of rotatable bonds is 6. The number of hydrogen-bond donors (Lipinski definition) is 1. The molecule has 0 saturated carbocycles. The average Bonchev–Trinajstić information content (AvgIpc) is 3.02. The molecule has 7 heteroatoms. The molecule has 2 rings (SSSR count). The smallest absolute Gasteiger partial charge is 0.317 e. The van der Waals surface area contributed by atoms with Gasteiger partial charge < -0.3 is 14.7 Å². The van der Waals surface area contributed by atoms with Crippen LogP contribution in [0.2, 0.25) is 0 Å². The molecule has 0 fully saturated rings. The molecule has 7 nitrogen and oxygen atoms in total. The molecule has 2 amide bonds. The van der Waals surface area contributed by atoms with Crippen molar-refractivity contribution in [1.29, 1.82) is 0 Å². The lowest BCUT2D eigenvalue weighted by Gasteiger charge is -2.21. The van der Waals surface area contributed by atoms with Crippen LogP contribution in [0.25, 0.3) is 0 Å².